The highest BCUT2D eigenvalue weighted by atomic mass is 79.9. The fourth-order valence-corrected chi connectivity index (χ4v) is 2.87. The summed E-state index contributed by atoms with van der Waals surface area (Å²) >= 11 is 3.44. The Kier molecular flexibility index (Phi) is 4.75. The molecule has 0 radical (unpaired) electrons. The molecule has 22 heavy (non-hydrogen) atoms. The van der Waals surface area contributed by atoms with Crippen molar-refractivity contribution in [3.8, 4) is 22.8 Å². The van der Waals surface area contributed by atoms with Gasteiger partial charge in [0.25, 0.3) is 0 Å². The number of aromatic carboxylic acids is 1. The lowest BCUT2D eigenvalue weighted by atomic mass is 9.93. The minimum Gasteiger partial charge on any atom is -0.492 e. The van der Waals surface area contributed by atoms with Gasteiger partial charge >= 0.3 is 5.97 Å². The number of ether oxygens (including phenoxy) is 2. The van der Waals surface area contributed by atoms with Crippen LogP contribution >= 0.6 is 15.9 Å². The number of halogens is 1. The van der Waals surface area contributed by atoms with Gasteiger partial charge in [-0.05, 0) is 27.9 Å². The quantitative estimate of drug-likeness (QED) is 0.859. The molecular weight excluding hydrogens is 354 g/mol. The Morgan fingerprint density at radius 2 is 1.91 bits per heavy atom. The van der Waals surface area contributed by atoms with Crippen molar-refractivity contribution in [3.63, 3.8) is 0 Å². The first-order chi connectivity index (χ1) is 10.4. The molecule has 0 aliphatic rings. The van der Waals surface area contributed by atoms with Crippen LogP contribution in [0.5, 0.6) is 11.5 Å². The van der Waals surface area contributed by atoms with Gasteiger partial charge in [0.05, 0.1) is 18.7 Å². The van der Waals surface area contributed by atoms with Gasteiger partial charge in [-0.2, -0.15) is 0 Å². The summed E-state index contributed by atoms with van der Waals surface area (Å²) < 4.78 is 16.4. The molecule has 0 aliphatic heterocycles. The van der Waals surface area contributed by atoms with Crippen LogP contribution in [0, 0.1) is 0 Å². The molecule has 0 atom stereocenters. The van der Waals surface area contributed by atoms with Crippen LogP contribution in [0.4, 0.5) is 0 Å². The highest BCUT2D eigenvalue weighted by Crippen LogP contribution is 2.46. The van der Waals surface area contributed by atoms with Crippen LogP contribution in [-0.4, -0.2) is 30.5 Å². The van der Waals surface area contributed by atoms with E-state index < -0.39 is 5.97 Å². The van der Waals surface area contributed by atoms with Crippen molar-refractivity contribution in [3.05, 3.63) is 27.9 Å². The molecule has 0 amide bonds. The van der Waals surface area contributed by atoms with Crippen LogP contribution in [0.2, 0.25) is 0 Å². The number of aromatic nitrogens is 1. The van der Waals surface area contributed by atoms with E-state index in [1.54, 1.807) is 14.2 Å². The van der Waals surface area contributed by atoms with Gasteiger partial charge in [-0.1, -0.05) is 19.0 Å². The molecule has 1 N–H and O–H groups in total. The van der Waals surface area contributed by atoms with Crippen LogP contribution in [-0.2, 0) is 0 Å². The third kappa shape index (κ3) is 2.81. The van der Waals surface area contributed by atoms with Crippen LogP contribution in [0.3, 0.4) is 0 Å². The predicted molar refractivity (Wildman–Crippen MR) is 83.8 cm³/mol. The average molecular weight is 370 g/mol. The summed E-state index contributed by atoms with van der Waals surface area (Å²) in [6, 6.07) is 3.21. The van der Waals surface area contributed by atoms with Gasteiger partial charge in [0.15, 0.2) is 11.5 Å². The summed E-state index contributed by atoms with van der Waals surface area (Å²) in [5, 5.41) is 12.8. The SMILES string of the molecule is COc1c(Br)cc(-c2cc(C(=O)O)on2)c(C(C)C)c1OC. The highest BCUT2D eigenvalue weighted by molar-refractivity contribution is 9.10. The van der Waals surface area contributed by atoms with Crippen molar-refractivity contribution in [2.75, 3.05) is 14.2 Å². The van der Waals surface area contributed by atoms with Crippen molar-refractivity contribution >= 4 is 21.9 Å². The van der Waals surface area contributed by atoms with Crippen molar-refractivity contribution in [1.29, 1.82) is 0 Å². The molecule has 0 spiro atoms. The first-order valence-electron chi connectivity index (χ1n) is 6.55. The number of carbonyl (C=O) groups is 1. The van der Waals surface area contributed by atoms with E-state index in [1.807, 2.05) is 19.9 Å². The first kappa shape index (κ1) is 16.4. The summed E-state index contributed by atoms with van der Waals surface area (Å²) in [4.78, 5) is 11.0. The monoisotopic (exact) mass is 369 g/mol. The molecule has 2 aromatic rings. The van der Waals surface area contributed by atoms with Gasteiger partial charge in [0.1, 0.15) is 5.69 Å². The molecule has 2 rings (SSSR count). The highest BCUT2D eigenvalue weighted by Gasteiger charge is 2.24. The Balaban J connectivity index is 2.73. The van der Waals surface area contributed by atoms with Crippen molar-refractivity contribution < 1.29 is 23.9 Å². The van der Waals surface area contributed by atoms with E-state index in [9.17, 15) is 4.79 Å². The van der Waals surface area contributed by atoms with Crippen LogP contribution in [0.25, 0.3) is 11.3 Å². The van der Waals surface area contributed by atoms with Gasteiger partial charge in [-0.3, -0.25) is 0 Å². The molecule has 7 heteroatoms. The van der Waals surface area contributed by atoms with E-state index in [-0.39, 0.29) is 11.7 Å². The zero-order valence-electron chi connectivity index (χ0n) is 12.6. The van der Waals surface area contributed by atoms with E-state index >= 15 is 0 Å². The number of carboxylic acid groups (broad SMARTS) is 1. The molecule has 0 saturated carbocycles. The fourth-order valence-electron chi connectivity index (χ4n) is 2.30. The number of rotatable bonds is 5. The number of methoxy groups -OCH3 is 2. The first-order valence-corrected chi connectivity index (χ1v) is 7.34. The second-order valence-electron chi connectivity index (χ2n) is 4.92. The Hall–Kier alpha value is -2.02. The maximum absolute atomic E-state index is 11.0. The van der Waals surface area contributed by atoms with E-state index in [4.69, 9.17) is 19.1 Å². The van der Waals surface area contributed by atoms with Gasteiger partial charge in [-0.25, -0.2) is 4.79 Å². The molecular formula is C15H16BrNO5. The normalized spacial score (nSPS) is 10.8. The van der Waals surface area contributed by atoms with Crippen molar-refractivity contribution in [1.82, 2.24) is 5.16 Å². The standard InChI is InChI=1S/C15H16BrNO5/c1-7(2)12-8(10-6-11(15(18)19)22-17-10)5-9(16)13(20-3)14(12)21-4/h5-7H,1-4H3,(H,18,19). The number of hydrogen-bond donors (Lipinski definition) is 1. The Morgan fingerprint density at radius 3 is 2.36 bits per heavy atom. The molecule has 1 aromatic carbocycles. The molecule has 0 fully saturated rings. The Morgan fingerprint density at radius 1 is 1.27 bits per heavy atom. The zero-order chi connectivity index (χ0) is 16.4. The van der Waals surface area contributed by atoms with Crippen molar-refractivity contribution in [2.45, 2.75) is 19.8 Å². The summed E-state index contributed by atoms with van der Waals surface area (Å²) in [5.74, 6) is -0.101. The molecule has 0 bridgehead atoms. The second kappa shape index (κ2) is 6.39. The zero-order valence-corrected chi connectivity index (χ0v) is 14.2. The smallest absolute Gasteiger partial charge is 0.374 e. The number of hydrogen-bond acceptors (Lipinski definition) is 5. The predicted octanol–water partition coefficient (Wildman–Crippen LogP) is 3.94. The Bertz CT molecular complexity index is 708. The molecule has 1 heterocycles. The maximum Gasteiger partial charge on any atom is 0.374 e. The number of carboxylic acids is 1. The summed E-state index contributed by atoms with van der Waals surface area (Å²) in [6.45, 7) is 4.01. The summed E-state index contributed by atoms with van der Waals surface area (Å²) in [7, 11) is 3.12. The lowest BCUT2D eigenvalue weighted by molar-refractivity contribution is 0.0652. The lowest BCUT2D eigenvalue weighted by Crippen LogP contribution is -2.01. The summed E-state index contributed by atoms with van der Waals surface area (Å²) in [5.41, 5.74) is 2.03. The third-order valence-corrected chi connectivity index (χ3v) is 3.80. The largest absolute Gasteiger partial charge is 0.492 e. The van der Waals surface area contributed by atoms with E-state index in [2.05, 4.69) is 21.1 Å². The minimum atomic E-state index is -1.16. The summed E-state index contributed by atoms with van der Waals surface area (Å²) in [6.07, 6.45) is 0. The number of benzene rings is 1. The van der Waals surface area contributed by atoms with Gasteiger partial charge in [0.2, 0.25) is 5.76 Å². The van der Waals surface area contributed by atoms with Crippen LogP contribution in [0.15, 0.2) is 21.1 Å². The average Bonchev–Trinajstić information content (AvgIpc) is 2.95. The molecule has 1 aromatic heterocycles. The fraction of sp³-hybridized carbons (Fsp3) is 0.333. The van der Waals surface area contributed by atoms with E-state index in [0.717, 1.165) is 11.1 Å². The second-order valence-corrected chi connectivity index (χ2v) is 5.78. The topological polar surface area (TPSA) is 81.8 Å². The molecule has 0 aliphatic carbocycles. The maximum atomic E-state index is 11.0. The van der Waals surface area contributed by atoms with Gasteiger partial charge in [-0.15, -0.1) is 0 Å². The number of nitrogens with zero attached hydrogens (tertiary/aromatic N) is 1. The van der Waals surface area contributed by atoms with Crippen molar-refractivity contribution in [2.24, 2.45) is 0 Å². The third-order valence-electron chi connectivity index (χ3n) is 3.21. The molecule has 0 unspecified atom stereocenters. The van der Waals surface area contributed by atoms with E-state index in [0.29, 0.717) is 21.7 Å². The van der Waals surface area contributed by atoms with Crippen LogP contribution < -0.4 is 9.47 Å². The molecule has 6 nitrogen and oxygen atoms in total. The molecule has 118 valence electrons. The Labute approximate surface area is 136 Å². The van der Waals surface area contributed by atoms with E-state index in [1.165, 1.54) is 6.07 Å². The molecule has 0 saturated heterocycles. The van der Waals surface area contributed by atoms with Gasteiger partial charge < -0.3 is 19.1 Å². The lowest BCUT2D eigenvalue weighted by Gasteiger charge is -2.19. The van der Waals surface area contributed by atoms with Crippen LogP contribution in [0.1, 0.15) is 35.9 Å². The van der Waals surface area contributed by atoms with Gasteiger partial charge in [0, 0.05) is 17.2 Å². The minimum absolute atomic E-state index is 0.108.